The van der Waals surface area contributed by atoms with Crippen LogP contribution in [0.5, 0.6) is 0 Å². The van der Waals surface area contributed by atoms with Crippen LogP contribution < -0.4 is 0 Å². The fourth-order valence-electron chi connectivity index (χ4n) is 2.33. The van der Waals surface area contributed by atoms with Gasteiger partial charge in [-0.15, -0.1) is 0 Å². The van der Waals surface area contributed by atoms with E-state index >= 15 is 0 Å². The van der Waals surface area contributed by atoms with E-state index < -0.39 is 5.60 Å². The summed E-state index contributed by atoms with van der Waals surface area (Å²) in [5.74, 6) is 0.519. The highest BCUT2D eigenvalue weighted by Gasteiger charge is 2.38. The molecule has 2 amide bonds. The van der Waals surface area contributed by atoms with Gasteiger partial charge in [0.15, 0.2) is 0 Å². The second-order valence-corrected chi connectivity index (χ2v) is 6.59. The molecule has 1 saturated heterocycles. The molecule has 0 aromatic heterocycles. The van der Waals surface area contributed by atoms with Gasteiger partial charge in [-0.25, -0.2) is 4.79 Å². The Balaban J connectivity index is 1.85. The van der Waals surface area contributed by atoms with Gasteiger partial charge in [-0.3, -0.25) is 4.79 Å². The van der Waals surface area contributed by atoms with Crippen molar-refractivity contribution in [2.45, 2.75) is 51.7 Å². The third-order valence-electron chi connectivity index (χ3n) is 3.63. The summed E-state index contributed by atoms with van der Waals surface area (Å²) in [6.45, 7) is 6.97. The van der Waals surface area contributed by atoms with Crippen LogP contribution in [0.2, 0.25) is 0 Å². The number of carbonyl (C=O) groups excluding carboxylic acids is 2. The summed E-state index contributed by atoms with van der Waals surface area (Å²) in [7, 11) is 1.75. The molecule has 2 rings (SSSR count). The van der Waals surface area contributed by atoms with E-state index in [0.717, 1.165) is 25.8 Å². The van der Waals surface area contributed by atoms with Gasteiger partial charge in [0.1, 0.15) is 5.60 Å². The molecule has 2 fully saturated rings. The SMILES string of the molecule is CN(C(=O)OC(C)(C)C)C1CCN(C(=O)C2CC2)C1. The average molecular weight is 268 g/mol. The lowest BCUT2D eigenvalue weighted by atomic mass is 10.2. The number of rotatable bonds is 2. The van der Waals surface area contributed by atoms with Gasteiger partial charge >= 0.3 is 6.09 Å². The highest BCUT2D eigenvalue weighted by molar-refractivity contribution is 5.81. The molecular formula is C14H24N2O3. The number of ether oxygens (including phenoxy) is 1. The molecule has 1 saturated carbocycles. The molecule has 1 aliphatic heterocycles. The molecule has 1 atom stereocenters. The Morgan fingerprint density at radius 2 is 1.84 bits per heavy atom. The van der Waals surface area contributed by atoms with E-state index in [4.69, 9.17) is 4.74 Å². The number of likely N-dealkylation sites (tertiary alicyclic amines) is 1. The maximum Gasteiger partial charge on any atom is 0.410 e. The van der Waals surface area contributed by atoms with Crippen LogP contribution in [0.3, 0.4) is 0 Å². The van der Waals surface area contributed by atoms with Crippen LogP contribution >= 0.6 is 0 Å². The van der Waals surface area contributed by atoms with Gasteiger partial charge in [0.25, 0.3) is 0 Å². The number of nitrogens with zero attached hydrogens (tertiary/aromatic N) is 2. The molecule has 0 aromatic carbocycles. The van der Waals surface area contributed by atoms with Crippen LogP contribution in [0.1, 0.15) is 40.0 Å². The number of likely N-dealkylation sites (N-methyl/N-ethyl adjacent to an activating group) is 1. The summed E-state index contributed by atoms with van der Waals surface area (Å²) >= 11 is 0. The van der Waals surface area contributed by atoms with Crippen molar-refractivity contribution < 1.29 is 14.3 Å². The first-order valence-electron chi connectivity index (χ1n) is 7.02. The van der Waals surface area contributed by atoms with Crippen LogP contribution in [0.4, 0.5) is 4.79 Å². The molecule has 5 nitrogen and oxygen atoms in total. The predicted molar refractivity (Wildman–Crippen MR) is 71.7 cm³/mol. The monoisotopic (exact) mass is 268 g/mol. The minimum absolute atomic E-state index is 0.0811. The molecule has 1 unspecified atom stereocenters. The molecule has 1 aliphatic carbocycles. The van der Waals surface area contributed by atoms with Gasteiger partial charge in [0.05, 0.1) is 6.04 Å². The molecular weight excluding hydrogens is 244 g/mol. The fraction of sp³-hybridized carbons (Fsp3) is 0.857. The molecule has 108 valence electrons. The minimum atomic E-state index is -0.479. The van der Waals surface area contributed by atoms with Crippen molar-refractivity contribution in [3.8, 4) is 0 Å². The molecule has 19 heavy (non-hydrogen) atoms. The van der Waals surface area contributed by atoms with Crippen LogP contribution in [-0.4, -0.2) is 53.6 Å². The van der Waals surface area contributed by atoms with Gasteiger partial charge in [-0.2, -0.15) is 0 Å². The van der Waals surface area contributed by atoms with Gasteiger partial charge in [0.2, 0.25) is 5.91 Å². The molecule has 0 spiro atoms. The standard InChI is InChI=1S/C14H24N2O3/c1-14(2,3)19-13(18)15(4)11-7-8-16(9-11)12(17)10-5-6-10/h10-11H,5-9H2,1-4H3. The fourth-order valence-corrected chi connectivity index (χ4v) is 2.33. The third-order valence-corrected chi connectivity index (χ3v) is 3.63. The molecule has 0 N–H and O–H groups in total. The quantitative estimate of drug-likeness (QED) is 0.768. The Kier molecular flexibility index (Phi) is 3.74. The van der Waals surface area contributed by atoms with E-state index in [0.29, 0.717) is 6.54 Å². The predicted octanol–water partition coefficient (Wildman–Crippen LogP) is 1.86. The smallest absolute Gasteiger partial charge is 0.410 e. The third kappa shape index (κ3) is 3.61. The van der Waals surface area contributed by atoms with E-state index in [9.17, 15) is 9.59 Å². The van der Waals surface area contributed by atoms with Crippen LogP contribution in [-0.2, 0) is 9.53 Å². The van der Waals surface area contributed by atoms with E-state index in [-0.39, 0.29) is 24.0 Å². The summed E-state index contributed by atoms with van der Waals surface area (Å²) in [6.07, 6.45) is 2.59. The van der Waals surface area contributed by atoms with Crippen molar-refractivity contribution in [3.63, 3.8) is 0 Å². The first kappa shape index (κ1) is 14.2. The van der Waals surface area contributed by atoms with Crippen molar-refractivity contribution in [2.24, 2.45) is 5.92 Å². The zero-order valence-corrected chi connectivity index (χ0v) is 12.3. The summed E-state index contributed by atoms with van der Waals surface area (Å²) in [4.78, 5) is 27.5. The Bertz CT molecular complexity index is 371. The maximum atomic E-state index is 12.0. The van der Waals surface area contributed by atoms with Crippen molar-refractivity contribution in [3.05, 3.63) is 0 Å². The van der Waals surface area contributed by atoms with Crippen LogP contribution in [0, 0.1) is 5.92 Å². The highest BCUT2D eigenvalue weighted by Crippen LogP contribution is 2.32. The van der Waals surface area contributed by atoms with E-state index in [1.54, 1.807) is 11.9 Å². The molecule has 2 aliphatic rings. The van der Waals surface area contributed by atoms with E-state index in [1.807, 2.05) is 25.7 Å². The largest absolute Gasteiger partial charge is 0.444 e. The van der Waals surface area contributed by atoms with Crippen molar-refractivity contribution in [1.82, 2.24) is 9.80 Å². The van der Waals surface area contributed by atoms with Crippen LogP contribution in [0.25, 0.3) is 0 Å². The molecule has 0 radical (unpaired) electrons. The number of carbonyl (C=O) groups is 2. The summed E-state index contributed by atoms with van der Waals surface area (Å²) < 4.78 is 5.35. The lowest BCUT2D eigenvalue weighted by molar-refractivity contribution is -0.131. The first-order valence-corrected chi connectivity index (χ1v) is 7.02. The summed E-state index contributed by atoms with van der Waals surface area (Å²) in [5, 5.41) is 0. The maximum absolute atomic E-state index is 12.0. The summed E-state index contributed by atoms with van der Waals surface area (Å²) in [5.41, 5.74) is -0.479. The van der Waals surface area contributed by atoms with Gasteiger partial charge < -0.3 is 14.5 Å². The van der Waals surface area contributed by atoms with Gasteiger partial charge in [-0.05, 0) is 40.0 Å². The zero-order chi connectivity index (χ0) is 14.2. The number of hydrogen-bond acceptors (Lipinski definition) is 3. The zero-order valence-electron chi connectivity index (χ0n) is 12.3. The molecule has 5 heteroatoms. The first-order chi connectivity index (χ1) is 8.78. The van der Waals surface area contributed by atoms with Crippen molar-refractivity contribution in [2.75, 3.05) is 20.1 Å². The minimum Gasteiger partial charge on any atom is -0.444 e. The Morgan fingerprint density at radius 1 is 1.21 bits per heavy atom. The molecule has 1 heterocycles. The Labute approximate surface area is 114 Å². The topological polar surface area (TPSA) is 49.9 Å². The van der Waals surface area contributed by atoms with Crippen LogP contribution in [0.15, 0.2) is 0 Å². The summed E-state index contributed by atoms with van der Waals surface area (Å²) in [6, 6.07) is 0.0811. The van der Waals surface area contributed by atoms with Crippen molar-refractivity contribution >= 4 is 12.0 Å². The average Bonchev–Trinajstić information content (AvgIpc) is 3.02. The lowest BCUT2D eigenvalue weighted by Gasteiger charge is -2.28. The number of hydrogen-bond donors (Lipinski definition) is 0. The Hall–Kier alpha value is -1.26. The lowest BCUT2D eigenvalue weighted by Crippen LogP contribution is -2.42. The van der Waals surface area contributed by atoms with Gasteiger partial charge in [-0.1, -0.05) is 0 Å². The second kappa shape index (κ2) is 5.02. The second-order valence-electron chi connectivity index (χ2n) is 6.59. The highest BCUT2D eigenvalue weighted by atomic mass is 16.6. The molecule has 0 bridgehead atoms. The number of amides is 2. The van der Waals surface area contributed by atoms with Gasteiger partial charge in [0, 0.05) is 26.1 Å². The Morgan fingerprint density at radius 3 is 2.37 bits per heavy atom. The van der Waals surface area contributed by atoms with Crippen molar-refractivity contribution in [1.29, 1.82) is 0 Å². The van der Waals surface area contributed by atoms with E-state index in [2.05, 4.69) is 0 Å². The molecule has 0 aromatic rings. The normalized spacial score (nSPS) is 23.4. The van der Waals surface area contributed by atoms with E-state index in [1.165, 1.54) is 0 Å².